The number of aromatic nitrogens is 2. The van der Waals surface area contributed by atoms with Gasteiger partial charge in [-0.25, -0.2) is 4.98 Å². The van der Waals surface area contributed by atoms with Crippen LogP contribution in [-0.4, -0.2) is 44.4 Å². The van der Waals surface area contributed by atoms with Crippen LogP contribution in [0, 0.1) is 0 Å². The lowest BCUT2D eigenvalue weighted by Gasteiger charge is -2.21. The second-order valence-electron chi connectivity index (χ2n) is 7.52. The molecule has 0 bridgehead atoms. The van der Waals surface area contributed by atoms with Crippen LogP contribution in [0.5, 0.6) is 0 Å². The third kappa shape index (κ3) is 4.89. The van der Waals surface area contributed by atoms with Crippen molar-refractivity contribution in [2.75, 3.05) is 13.6 Å². The molecule has 6 heteroatoms. The number of aliphatic hydroxyl groups is 1. The van der Waals surface area contributed by atoms with E-state index in [2.05, 4.69) is 44.0 Å². The van der Waals surface area contributed by atoms with Gasteiger partial charge < -0.3 is 19.6 Å². The second kappa shape index (κ2) is 8.10. The number of nitrogens with zero attached hydrogens (tertiary/aromatic N) is 3. The van der Waals surface area contributed by atoms with Gasteiger partial charge in [0.1, 0.15) is 11.9 Å². The Labute approximate surface area is 149 Å². The minimum Gasteiger partial charge on any atom is -0.373 e. The van der Waals surface area contributed by atoms with Crippen molar-refractivity contribution in [2.45, 2.75) is 52.3 Å². The fourth-order valence-corrected chi connectivity index (χ4v) is 2.93. The van der Waals surface area contributed by atoms with E-state index in [4.69, 9.17) is 10.2 Å². The van der Waals surface area contributed by atoms with Crippen LogP contribution in [0.3, 0.4) is 0 Å². The molecule has 2 heterocycles. The molecule has 2 rings (SSSR count). The van der Waals surface area contributed by atoms with Gasteiger partial charge in [-0.3, -0.25) is 0 Å². The van der Waals surface area contributed by atoms with Gasteiger partial charge in [0.05, 0.1) is 11.4 Å². The van der Waals surface area contributed by atoms with E-state index in [1.165, 1.54) is 11.8 Å². The summed E-state index contributed by atoms with van der Waals surface area (Å²) in [4.78, 5) is 7.20. The van der Waals surface area contributed by atoms with Crippen LogP contribution in [0.25, 0.3) is 11.7 Å². The minimum atomic E-state index is -1.08. The Balaban J connectivity index is 2.45. The van der Waals surface area contributed by atoms with Crippen molar-refractivity contribution in [1.29, 1.82) is 0 Å². The van der Waals surface area contributed by atoms with E-state index in [-0.39, 0.29) is 5.41 Å². The predicted octanol–water partition coefficient (Wildman–Crippen LogP) is 2.78. The molecule has 0 amide bonds. The number of hydrogen-bond donors (Lipinski definition) is 3. The molecule has 0 aromatic carbocycles. The maximum atomic E-state index is 9.36. The third-order valence-electron chi connectivity index (χ3n) is 4.09. The summed E-state index contributed by atoms with van der Waals surface area (Å²) < 4.78 is 2.14. The Morgan fingerprint density at radius 1 is 1.40 bits per heavy atom. The number of aliphatic hydroxyl groups excluding tert-OH is 1. The minimum absolute atomic E-state index is 0.0403. The van der Waals surface area contributed by atoms with Crippen LogP contribution in [0.4, 0.5) is 0 Å². The largest absolute Gasteiger partial charge is 0.373 e. The first-order valence-electron chi connectivity index (χ1n) is 8.72. The molecule has 0 spiro atoms. The molecule has 0 aliphatic rings. The van der Waals surface area contributed by atoms with Crippen molar-refractivity contribution in [2.24, 2.45) is 0 Å². The van der Waals surface area contributed by atoms with Crippen molar-refractivity contribution in [1.82, 2.24) is 19.8 Å². The molecule has 0 saturated heterocycles. The number of hydroxylamine groups is 1. The van der Waals surface area contributed by atoms with Crippen LogP contribution in [-0.2, 0) is 12.0 Å². The molecule has 0 saturated carbocycles. The van der Waals surface area contributed by atoms with Gasteiger partial charge >= 0.3 is 0 Å². The first kappa shape index (κ1) is 19.6. The highest BCUT2D eigenvalue weighted by atomic mass is 16.5. The van der Waals surface area contributed by atoms with Crippen LogP contribution in [0.15, 0.2) is 24.4 Å². The standard InChI is InChI=1S/C19H30N4O2/c1-6-10-22(5)13-15-18(19(2,3)4)20-16-12-14(9-11-23(15)16)7-8-17(24)21-25/h7-9,11-12,17,21,24-25H,6,10,13H2,1-5H3. The summed E-state index contributed by atoms with van der Waals surface area (Å²) in [5.41, 5.74) is 5.87. The summed E-state index contributed by atoms with van der Waals surface area (Å²) in [6, 6.07) is 3.96. The van der Waals surface area contributed by atoms with Gasteiger partial charge in [-0.15, -0.1) is 0 Å². The normalized spacial score (nSPS) is 14.1. The number of rotatable bonds is 7. The van der Waals surface area contributed by atoms with Crippen LogP contribution in [0.1, 0.15) is 51.1 Å². The van der Waals surface area contributed by atoms with Crippen molar-refractivity contribution in [3.8, 4) is 0 Å². The molecule has 0 radical (unpaired) electrons. The van der Waals surface area contributed by atoms with E-state index in [0.29, 0.717) is 0 Å². The van der Waals surface area contributed by atoms with Crippen LogP contribution in [0.2, 0.25) is 0 Å². The smallest absolute Gasteiger partial charge is 0.146 e. The van der Waals surface area contributed by atoms with Crippen LogP contribution < -0.4 is 5.48 Å². The van der Waals surface area contributed by atoms with Crippen molar-refractivity contribution in [3.05, 3.63) is 41.4 Å². The molecule has 3 N–H and O–H groups in total. The SMILES string of the molecule is CCCN(C)Cc1c(C(C)(C)C)nc2cc(C=CC(O)NO)ccn12. The molecule has 25 heavy (non-hydrogen) atoms. The topological polar surface area (TPSA) is 73.0 Å². The van der Waals surface area contributed by atoms with Gasteiger partial charge in [-0.2, -0.15) is 5.48 Å². The molecule has 0 aliphatic carbocycles. The van der Waals surface area contributed by atoms with E-state index < -0.39 is 6.23 Å². The Morgan fingerprint density at radius 3 is 2.72 bits per heavy atom. The van der Waals surface area contributed by atoms with Crippen molar-refractivity contribution >= 4 is 11.7 Å². The number of hydrogen-bond acceptors (Lipinski definition) is 5. The summed E-state index contributed by atoms with van der Waals surface area (Å²) in [7, 11) is 2.13. The number of imidazole rings is 1. The average molecular weight is 346 g/mol. The van der Waals surface area contributed by atoms with Gasteiger partial charge in [0, 0.05) is 18.2 Å². The van der Waals surface area contributed by atoms with E-state index in [9.17, 15) is 5.11 Å². The lowest BCUT2D eigenvalue weighted by molar-refractivity contribution is 0.0323. The third-order valence-corrected chi connectivity index (χ3v) is 4.09. The molecule has 138 valence electrons. The summed E-state index contributed by atoms with van der Waals surface area (Å²) >= 11 is 0. The zero-order valence-corrected chi connectivity index (χ0v) is 15.8. The first-order chi connectivity index (χ1) is 11.8. The van der Waals surface area contributed by atoms with Crippen molar-refractivity contribution < 1.29 is 10.3 Å². The molecule has 2 aromatic heterocycles. The summed E-state index contributed by atoms with van der Waals surface area (Å²) in [6.45, 7) is 10.6. The fraction of sp³-hybridized carbons (Fsp3) is 0.526. The monoisotopic (exact) mass is 346 g/mol. The highest BCUT2D eigenvalue weighted by molar-refractivity contribution is 5.57. The van der Waals surface area contributed by atoms with Gasteiger partial charge in [-0.1, -0.05) is 33.8 Å². The predicted molar refractivity (Wildman–Crippen MR) is 100 cm³/mol. The second-order valence-corrected chi connectivity index (χ2v) is 7.52. The molecule has 0 fully saturated rings. The number of fused-ring (bicyclic) bond motifs is 1. The first-order valence-corrected chi connectivity index (χ1v) is 8.72. The zero-order valence-electron chi connectivity index (χ0n) is 15.8. The molecule has 0 aliphatic heterocycles. The van der Waals surface area contributed by atoms with Crippen molar-refractivity contribution in [3.63, 3.8) is 0 Å². The Hall–Kier alpha value is -1.73. The lowest BCUT2D eigenvalue weighted by atomic mass is 9.90. The lowest BCUT2D eigenvalue weighted by Crippen LogP contribution is -2.23. The summed E-state index contributed by atoms with van der Waals surface area (Å²) in [6.07, 6.45) is 5.29. The molecular weight excluding hydrogens is 316 g/mol. The molecule has 6 nitrogen and oxygen atoms in total. The summed E-state index contributed by atoms with van der Waals surface area (Å²) in [5.74, 6) is 0. The van der Waals surface area contributed by atoms with E-state index in [0.717, 1.165) is 36.4 Å². The Bertz CT molecular complexity index is 731. The summed E-state index contributed by atoms with van der Waals surface area (Å²) in [5, 5.41) is 18.0. The molecular formula is C19H30N4O2. The Kier molecular flexibility index (Phi) is 6.35. The van der Waals surface area contributed by atoms with E-state index in [1.807, 2.05) is 18.3 Å². The number of nitrogens with one attached hydrogen (secondary N) is 1. The number of pyridine rings is 1. The molecule has 2 aromatic rings. The van der Waals surface area contributed by atoms with E-state index in [1.54, 1.807) is 11.6 Å². The quantitative estimate of drug-likeness (QED) is 0.531. The fourth-order valence-electron chi connectivity index (χ4n) is 2.93. The van der Waals surface area contributed by atoms with Gasteiger partial charge in [0.25, 0.3) is 0 Å². The van der Waals surface area contributed by atoms with Gasteiger partial charge in [-0.05, 0) is 43.8 Å². The zero-order chi connectivity index (χ0) is 18.6. The van der Waals surface area contributed by atoms with E-state index >= 15 is 0 Å². The highest BCUT2D eigenvalue weighted by Gasteiger charge is 2.24. The highest BCUT2D eigenvalue weighted by Crippen LogP contribution is 2.27. The van der Waals surface area contributed by atoms with Gasteiger partial charge in [0.15, 0.2) is 0 Å². The van der Waals surface area contributed by atoms with Crippen LogP contribution >= 0.6 is 0 Å². The Morgan fingerprint density at radius 2 is 2.12 bits per heavy atom. The molecule has 1 atom stereocenters. The maximum absolute atomic E-state index is 9.36. The molecule has 1 unspecified atom stereocenters. The average Bonchev–Trinajstić information content (AvgIpc) is 2.91. The van der Waals surface area contributed by atoms with Gasteiger partial charge in [0.2, 0.25) is 0 Å². The maximum Gasteiger partial charge on any atom is 0.146 e.